The number of rotatable bonds is 36. The third-order valence-electron chi connectivity index (χ3n) is 25.1. The fourth-order valence-corrected chi connectivity index (χ4v) is 22.2. The lowest BCUT2D eigenvalue weighted by atomic mass is 9.78. The van der Waals surface area contributed by atoms with Crippen molar-refractivity contribution in [1.29, 1.82) is 0 Å². The molecule has 0 aliphatic heterocycles. The quantitative estimate of drug-likeness (QED) is 0.0103. The summed E-state index contributed by atoms with van der Waals surface area (Å²) in [6, 6.07) is 33.0. The Labute approximate surface area is 869 Å². The Morgan fingerprint density at radius 1 is 0.193 bits per heavy atom. The first kappa shape index (κ1) is 120. The lowest BCUT2D eigenvalue weighted by Crippen LogP contribution is -2.19. The Balaban J connectivity index is 0.000000386. The van der Waals surface area contributed by atoms with E-state index in [0.717, 1.165) is 165 Å². The van der Waals surface area contributed by atoms with Crippen LogP contribution in [-0.4, -0.2) is 113 Å². The van der Waals surface area contributed by atoms with Crippen LogP contribution in [0.25, 0.3) is 0 Å². The Kier molecular flexibility index (Phi) is 41.3. The van der Waals surface area contributed by atoms with Gasteiger partial charge in [0.15, 0.2) is 0 Å². The van der Waals surface area contributed by atoms with Gasteiger partial charge < -0.3 is 55.1 Å². The van der Waals surface area contributed by atoms with Gasteiger partial charge in [-0.25, -0.2) is 0 Å². The lowest BCUT2D eigenvalue weighted by molar-refractivity contribution is -0.143. The third-order valence-corrected chi connectivity index (χ3v) is 31.0. The molecule has 0 saturated heterocycles. The molecular formula is C120H174O14S6. The summed E-state index contributed by atoms with van der Waals surface area (Å²) in [6.07, 6.45) is 2.94. The summed E-state index contributed by atoms with van der Waals surface area (Å²) in [5.74, 6) is 9.84. The van der Waals surface area contributed by atoms with Gasteiger partial charge in [0.2, 0.25) is 0 Å². The maximum atomic E-state index is 13.1. The number of phenols is 8. The second-order valence-electron chi connectivity index (χ2n) is 50.5. The molecule has 0 amide bonds. The first-order valence-electron chi connectivity index (χ1n) is 49.9. The lowest BCUT2D eigenvalue weighted by Gasteiger charge is -2.28. The van der Waals surface area contributed by atoms with Crippen LogP contribution in [0.15, 0.2) is 97.1 Å². The van der Waals surface area contributed by atoms with Gasteiger partial charge in [0.25, 0.3) is 0 Å². The minimum Gasteiger partial charge on any atom is -0.507 e. The van der Waals surface area contributed by atoms with Crippen molar-refractivity contribution < 1.29 is 69.4 Å². The summed E-state index contributed by atoms with van der Waals surface area (Å²) in [4.78, 5) is 39.4. The van der Waals surface area contributed by atoms with Crippen LogP contribution in [0.3, 0.4) is 0 Å². The molecule has 0 aliphatic carbocycles. The average molecular weight is 2030 g/mol. The first-order chi connectivity index (χ1) is 64.1. The van der Waals surface area contributed by atoms with Crippen molar-refractivity contribution in [2.75, 3.05) is 54.3 Å². The highest BCUT2D eigenvalue weighted by molar-refractivity contribution is 7.99. The van der Waals surface area contributed by atoms with Crippen molar-refractivity contribution in [3.8, 4) is 46.0 Å². The Morgan fingerprint density at radius 2 is 0.336 bits per heavy atom. The van der Waals surface area contributed by atoms with Crippen LogP contribution in [0.5, 0.6) is 46.0 Å². The van der Waals surface area contributed by atoms with Crippen LogP contribution < -0.4 is 0 Å². The fraction of sp³-hybridized carbons (Fsp3) is 0.575. The predicted octanol–water partition coefficient (Wildman–Crippen LogP) is 30.1. The van der Waals surface area contributed by atoms with E-state index in [1.807, 2.05) is 208 Å². The van der Waals surface area contributed by atoms with Crippen molar-refractivity contribution in [3.05, 3.63) is 231 Å². The number of hydrogen-bond acceptors (Lipinski definition) is 20. The molecule has 0 radical (unpaired) electrons. The fourth-order valence-electron chi connectivity index (χ4n) is 17.0. The maximum Gasteiger partial charge on any atom is 0.310 e. The summed E-state index contributed by atoms with van der Waals surface area (Å²) in [5.41, 5.74) is 19.7. The van der Waals surface area contributed by atoms with Gasteiger partial charge in [-0.15, -0.1) is 0 Å². The molecule has 0 aromatic heterocycles. The molecular weight excluding hydrogens is 1860 g/mol. The zero-order valence-electron chi connectivity index (χ0n) is 92.1. The molecule has 0 bridgehead atoms. The molecule has 774 valence electrons. The van der Waals surface area contributed by atoms with Crippen molar-refractivity contribution in [1.82, 2.24) is 0 Å². The van der Waals surface area contributed by atoms with Gasteiger partial charge in [-0.05, 0) is 213 Å². The summed E-state index contributed by atoms with van der Waals surface area (Å²) >= 11 is 10.4. The molecule has 0 heterocycles. The number of ether oxygens (including phenoxy) is 3. The number of aryl methyl sites for hydroxylation is 3. The number of aromatic hydroxyl groups is 8. The second-order valence-corrected chi connectivity index (χ2v) is 57.2. The molecule has 8 N–H and O–H groups in total. The Bertz CT molecular complexity index is 5130. The molecule has 20 heteroatoms. The zero-order chi connectivity index (χ0) is 106. The monoisotopic (exact) mass is 2030 g/mol. The predicted molar refractivity (Wildman–Crippen MR) is 601 cm³/mol. The van der Waals surface area contributed by atoms with E-state index in [2.05, 4.69) is 173 Å². The van der Waals surface area contributed by atoms with E-state index in [1.165, 1.54) is 22.3 Å². The normalized spacial score (nSPS) is 12.9. The van der Waals surface area contributed by atoms with Gasteiger partial charge in [-0.1, -0.05) is 346 Å². The second kappa shape index (κ2) is 48.3. The van der Waals surface area contributed by atoms with Crippen LogP contribution in [0, 0.1) is 0 Å². The van der Waals surface area contributed by atoms with Gasteiger partial charge in [-0.3, -0.25) is 14.4 Å². The van der Waals surface area contributed by atoms with Crippen LogP contribution in [-0.2, 0) is 167 Å². The van der Waals surface area contributed by atoms with Gasteiger partial charge in [0.05, 0.1) is 19.3 Å². The van der Waals surface area contributed by atoms with E-state index in [-0.39, 0.29) is 145 Å². The number of carbonyl (C=O) groups excluding carboxylic acids is 3. The van der Waals surface area contributed by atoms with Gasteiger partial charge in [-0.2, -0.15) is 70.6 Å². The molecule has 8 aromatic rings. The smallest absolute Gasteiger partial charge is 0.310 e. The molecule has 0 unspecified atom stereocenters. The van der Waals surface area contributed by atoms with Gasteiger partial charge in [0.1, 0.15) is 65.8 Å². The van der Waals surface area contributed by atoms with E-state index in [4.69, 9.17) is 14.2 Å². The standard InChI is InChI=1S/C63H90O10S3.C57H84O4S3/c1-58(2,3)45-27-39(28-46(55(45)68)59(4,5)6)33-51(64)71-19-22-74-36-42-25-43(37-75-23-20-72-52(65)34-40-29-47(60(7,8)9)56(69)48(30-40)61(10,11)12)54(67)44(26-42)38-76-24-21-73-53(66)35-41-31-49(62(13,14)15)57(70)50(32-41)63(16,17)18;1-52(2,3)42-27-36(28-43(49(42)59)53(4,5)6)19-22-62-33-39-25-40(34-63-23-20-37-29-44(54(7,8)9)50(60)45(30-37)55(10,11)12)48(58)41(26-39)35-64-24-21-38-31-46(56(13,14)15)51(61)47(32-38)57(16,17)18/h25-32,67-70H,19-24,33-38H2,1-18H3;25-32,58-61H,19-24,33-35H2,1-18H3. The highest BCUT2D eigenvalue weighted by atomic mass is 32.2. The Morgan fingerprint density at radius 3 is 0.500 bits per heavy atom. The zero-order valence-corrected chi connectivity index (χ0v) is 97.0. The largest absolute Gasteiger partial charge is 0.507 e. The molecule has 0 fully saturated rings. The van der Waals surface area contributed by atoms with Crippen molar-refractivity contribution in [2.24, 2.45) is 0 Å². The summed E-state index contributed by atoms with van der Waals surface area (Å²) < 4.78 is 17.1. The number of thioether (sulfide) groups is 6. The number of benzene rings is 8. The van der Waals surface area contributed by atoms with Crippen LogP contribution in [0.2, 0.25) is 0 Å². The number of hydrogen-bond donors (Lipinski definition) is 8. The molecule has 8 rings (SSSR count). The SMILES string of the molecule is CC(C)(C)c1cc(CC(=O)OCCSCc2cc(CSCCOC(=O)Cc3cc(C(C)(C)C)c(O)c(C(C)(C)C)c3)c(O)c(CSCCOC(=O)Cc3cc(C(C)(C)C)c(O)c(C(C)(C)C)c3)c2)cc(C(C)(C)C)c1O.CC(C)(C)c1cc(CCSCc2cc(CSCCc3cc(C(C)(C)C)c(O)c(C(C)(C)C)c3)c(O)c(CSCCc3cc(C(C)(C)C)c(O)c(C(C)(C)C)c3)c2)cc(C(C)(C)C)c1O. The number of phenolic OH excluding ortho intramolecular Hbond substituents is 8. The molecule has 14 nitrogen and oxygen atoms in total. The van der Waals surface area contributed by atoms with E-state index >= 15 is 0 Å². The maximum absolute atomic E-state index is 13.1. The van der Waals surface area contributed by atoms with Crippen molar-refractivity contribution in [2.45, 2.75) is 387 Å². The van der Waals surface area contributed by atoms with E-state index in [1.54, 1.807) is 35.3 Å². The van der Waals surface area contributed by atoms with Crippen LogP contribution >= 0.6 is 70.6 Å². The topological polar surface area (TPSA) is 241 Å². The highest BCUT2D eigenvalue weighted by Gasteiger charge is 2.35. The van der Waals surface area contributed by atoms with Crippen molar-refractivity contribution in [3.63, 3.8) is 0 Å². The number of esters is 3. The van der Waals surface area contributed by atoms with E-state index in [0.29, 0.717) is 57.5 Å². The molecule has 0 atom stereocenters. The van der Waals surface area contributed by atoms with E-state index in [9.17, 15) is 55.2 Å². The summed E-state index contributed by atoms with van der Waals surface area (Å²) in [6.45, 7) is 76.3. The van der Waals surface area contributed by atoms with Crippen LogP contribution in [0.4, 0.5) is 0 Å². The van der Waals surface area contributed by atoms with Crippen LogP contribution in [0.1, 0.15) is 383 Å². The molecule has 0 spiro atoms. The van der Waals surface area contributed by atoms with Crippen molar-refractivity contribution >= 4 is 88.5 Å². The van der Waals surface area contributed by atoms with Gasteiger partial charge >= 0.3 is 17.9 Å². The summed E-state index contributed by atoms with van der Waals surface area (Å²) in [7, 11) is 0. The molecule has 8 aromatic carbocycles. The number of carbonyl (C=O) groups is 3. The Hall–Kier alpha value is -7.33. The van der Waals surface area contributed by atoms with E-state index < -0.39 is 0 Å². The highest BCUT2D eigenvalue weighted by Crippen LogP contribution is 2.49. The average Bonchev–Trinajstić information content (AvgIpc) is 0.808. The minimum atomic E-state index is -0.349. The minimum absolute atomic E-state index is 0.0843. The molecule has 140 heavy (non-hydrogen) atoms. The third kappa shape index (κ3) is 35.2. The molecule has 0 aliphatic rings. The van der Waals surface area contributed by atoms with Gasteiger partial charge in [0, 0.05) is 74.0 Å². The molecule has 0 saturated carbocycles. The first-order valence-corrected chi connectivity index (χ1v) is 56.8. The summed E-state index contributed by atoms with van der Waals surface area (Å²) in [5, 5.41) is 90.7.